The third-order valence-electron chi connectivity index (χ3n) is 2.60. The minimum absolute atomic E-state index is 0.0132. The molecule has 0 N–H and O–H groups in total. The van der Waals surface area contributed by atoms with Gasteiger partial charge in [0, 0.05) is 20.9 Å². The van der Waals surface area contributed by atoms with Crippen LogP contribution in [0.2, 0.25) is 5.02 Å². The summed E-state index contributed by atoms with van der Waals surface area (Å²) in [6, 6.07) is 9.45. The molecule has 0 saturated heterocycles. The highest BCUT2D eigenvalue weighted by Gasteiger charge is 2.12. The van der Waals surface area contributed by atoms with Crippen LogP contribution in [0.5, 0.6) is 0 Å². The standard InChI is InChI=1S/C14H8Br2ClFO/c15-10-2-4-13(18)9(5-10)7-14(19)8-1-3-12(17)11(16)6-8/h1-6H,7H2. The van der Waals surface area contributed by atoms with Crippen LogP contribution in [0.15, 0.2) is 45.3 Å². The maximum absolute atomic E-state index is 13.6. The second-order valence-electron chi connectivity index (χ2n) is 3.96. The Hall–Kier alpha value is -0.710. The van der Waals surface area contributed by atoms with Gasteiger partial charge in [-0.25, -0.2) is 4.39 Å². The van der Waals surface area contributed by atoms with E-state index in [4.69, 9.17) is 11.6 Å². The molecule has 98 valence electrons. The van der Waals surface area contributed by atoms with Crippen LogP contribution in [0.3, 0.4) is 0 Å². The summed E-state index contributed by atoms with van der Waals surface area (Å²) < 4.78 is 15.0. The number of carbonyl (C=O) groups excluding carboxylic acids is 1. The first kappa shape index (κ1) is 14.7. The fourth-order valence-corrected chi connectivity index (χ4v) is 2.53. The molecule has 0 bridgehead atoms. The van der Waals surface area contributed by atoms with Gasteiger partial charge in [-0.3, -0.25) is 4.79 Å². The molecule has 0 spiro atoms. The van der Waals surface area contributed by atoms with Crippen molar-refractivity contribution in [2.75, 3.05) is 0 Å². The minimum Gasteiger partial charge on any atom is -0.294 e. The molecule has 0 radical (unpaired) electrons. The van der Waals surface area contributed by atoms with E-state index >= 15 is 0 Å². The van der Waals surface area contributed by atoms with Crippen LogP contribution >= 0.6 is 43.5 Å². The molecule has 0 aliphatic heterocycles. The number of hydrogen-bond donors (Lipinski definition) is 0. The van der Waals surface area contributed by atoms with Gasteiger partial charge in [-0.2, -0.15) is 0 Å². The monoisotopic (exact) mass is 404 g/mol. The molecule has 5 heteroatoms. The van der Waals surface area contributed by atoms with Crippen molar-refractivity contribution in [3.8, 4) is 0 Å². The van der Waals surface area contributed by atoms with Crippen molar-refractivity contribution in [2.45, 2.75) is 6.42 Å². The van der Waals surface area contributed by atoms with Crippen LogP contribution in [0.1, 0.15) is 15.9 Å². The molecule has 0 unspecified atom stereocenters. The number of rotatable bonds is 3. The van der Waals surface area contributed by atoms with Gasteiger partial charge < -0.3 is 0 Å². The zero-order valence-electron chi connectivity index (χ0n) is 9.59. The van der Waals surface area contributed by atoms with Crippen molar-refractivity contribution in [3.05, 3.63) is 67.3 Å². The molecule has 2 rings (SSSR count). The van der Waals surface area contributed by atoms with Gasteiger partial charge >= 0.3 is 0 Å². The van der Waals surface area contributed by atoms with Gasteiger partial charge in [-0.15, -0.1) is 0 Å². The first-order valence-corrected chi connectivity index (χ1v) is 7.36. The van der Waals surface area contributed by atoms with Gasteiger partial charge in [0.1, 0.15) is 5.82 Å². The number of halogens is 4. The van der Waals surface area contributed by atoms with E-state index in [1.807, 2.05) is 0 Å². The highest BCUT2D eigenvalue weighted by atomic mass is 79.9. The summed E-state index contributed by atoms with van der Waals surface area (Å²) in [4.78, 5) is 12.1. The SMILES string of the molecule is O=C(Cc1cc(Br)ccc1F)c1ccc(Cl)c(Br)c1. The molecule has 1 nitrogen and oxygen atoms in total. The average molecular weight is 406 g/mol. The zero-order chi connectivity index (χ0) is 14.0. The predicted octanol–water partition coefficient (Wildman–Crippen LogP) is 5.43. The Labute approximate surface area is 132 Å². The summed E-state index contributed by atoms with van der Waals surface area (Å²) in [5.74, 6) is -0.543. The Kier molecular flexibility index (Phi) is 4.76. The van der Waals surface area contributed by atoms with Crippen molar-refractivity contribution in [1.29, 1.82) is 0 Å². The van der Waals surface area contributed by atoms with Gasteiger partial charge in [0.2, 0.25) is 0 Å². The van der Waals surface area contributed by atoms with E-state index in [-0.39, 0.29) is 18.0 Å². The Morgan fingerprint density at radius 2 is 1.89 bits per heavy atom. The molecule has 0 aliphatic rings. The average Bonchev–Trinajstić information content (AvgIpc) is 2.37. The van der Waals surface area contributed by atoms with Gasteiger partial charge in [0.05, 0.1) is 5.02 Å². The summed E-state index contributed by atoms with van der Waals surface area (Å²) in [6.07, 6.45) is 0.0132. The fourth-order valence-electron chi connectivity index (χ4n) is 1.62. The molecule has 0 fully saturated rings. The maximum atomic E-state index is 13.6. The molecule has 0 heterocycles. The fraction of sp³-hybridized carbons (Fsp3) is 0.0714. The van der Waals surface area contributed by atoms with Crippen LogP contribution in [-0.4, -0.2) is 5.78 Å². The van der Waals surface area contributed by atoms with Gasteiger partial charge in [0.15, 0.2) is 5.78 Å². The van der Waals surface area contributed by atoms with E-state index in [2.05, 4.69) is 31.9 Å². The Morgan fingerprint density at radius 1 is 1.16 bits per heavy atom. The normalized spacial score (nSPS) is 10.5. The van der Waals surface area contributed by atoms with Crippen LogP contribution in [0.4, 0.5) is 4.39 Å². The van der Waals surface area contributed by atoms with E-state index in [0.717, 1.165) is 4.47 Å². The summed E-state index contributed by atoms with van der Waals surface area (Å²) >= 11 is 12.4. The minimum atomic E-state index is -0.385. The van der Waals surface area contributed by atoms with Crippen molar-refractivity contribution in [1.82, 2.24) is 0 Å². The van der Waals surface area contributed by atoms with Crippen LogP contribution < -0.4 is 0 Å². The molecule has 0 atom stereocenters. The van der Waals surface area contributed by atoms with E-state index in [1.165, 1.54) is 6.07 Å². The summed E-state index contributed by atoms with van der Waals surface area (Å²) in [5.41, 5.74) is 0.862. The third kappa shape index (κ3) is 3.65. The molecule has 0 aliphatic carbocycles. The second kappa shape index (κ2) is 6.16. The van der Waals surface area contributed by atoms with Crippen molar-refractivity contribution in [2.24, 2.45) is 0 Å². The van der Waals surface area contributed by atoms with Gasteiger partial charge in [0.25, 0.3) is 0 Å². The van der Waals surface area contributed by atoms with Crippen molar-refractivity contribution >= 4 is 49.2 Å². The highest BCUT2D eigenvalue weighted by Crippen LogP contribution is 2.24. The zero-order valence-corrected chi connectivity index (χ0v) is 13.5. The molecule has 0 saturated carbocycles. The smallest absolute Gasteiger partial charge is 0.167 e. The molecule has 0 amide bonds. The molecule has 2 aromatic rings. The summed E-state index contributed by atoms with van der Waals surface area (Å²) in [5, 5.41) is 0.533. The lowest BCUT2D eigenvalue weighted by Crippen LogP contribution is -2.05. The topological polar surface area (TPSA) is 17.1 Å². The number of benzene rings is 2. The van der Waals surface area contributed by atoms with Crippen molar-refractivity contribution in [3.63, 3.8) is 0 Å². The molecular weight excluding hydrogens is 398 g/mol. The predicted molar refractivity (Wildman–Crippen MR) is 81.3 cm³/mol. The first-order chi connectivity index (χ1) is 8.97. The number of Topliss-reactive ketones (excluding diaryl/α,β-unsaturated/α-hetero) is 1. The lowest BCUT2D eigenvalue weighted by atomic mass is 10.0. The quantitative estimate of drug-likeness (QED) is 0.621. The Bertz CT molecular complexity index is 643. The van der Waals surface area contributed by atoms with Crippen LogP contribution in [-0.2, 0) is 6.42 Å². The summed E-state index contributed by atoms with van der Waals surface area (Å²) in [6.45, 7) is 0. The van der Waals surface area contributed by atoms with E-state index in [9.17, 15) is 9.18 Å². The first-order valence-electron chi connectivity index (χ1n) is 5.39. The number of hydrogen-bond acceptors (Lipinski definition) is 1. The Balaban J connectivity index is 2.25. The molecular formula is C14H8Br2ClFO. The molecule has 2 aromatic carbocycles. The second-order valence-corrected chi connectivity index (χ2v) is 6.14. The number of carbonyl (C=O) groups is 1. The van der Waals surface area contributed by atoms with Crippen molar-refractivity contribution < 1.29 is 9.18 Å². The lowest BCUT2D eigenvalue weighted by Gasteiger charge is -2.05. The van der Waals surface area contributed by atoms with E-state index in [1.54, 1.807) is 30.3 Å². The van der Waals surface area contributed by atoms with Crippen LogP contribution in [0, 0.1) is 5.82 Å². The highest BCUT2D eigenvalue weighted by molar-refractivity contribution is 9.10. The van der Waals surface area contributed by atoms with E-state index < -0.39 is 0 Å². The number of ketones is 1. The largest absolute Gasteiger partial charge is 0.294 e. The van der Waals surface area contributed by atoms with Gasteiger partial charge in [-0.05, 0) is 57.9 Å². The molecule has 0 aromatic heterocycles. The Morgan fingerprint density at radius 3 is 2.58 bits per heavy atom. The lowest BCUT2D eigenvalue weighted by molar-refractivity contribution is 0.0992. The van der Waals surface area contributed by atoms with Gasteiger partial charge in [-0.1, -0.05) is 27.5 Å². The third-order valence-corrected chi connectivity index (χ3v) is 4.31. The molecule has 19 heavy (non-hydrogen) atoms. The van der Waals surface area contributed by atoms with Crippen LogP contribution in [0.25, 0.3) is 0 Å². The summed E-state index contributed by atoms with van der Waals surface area (Å²) in [7, 11) is 0. The van der Waals surface area contributed by atoms with E-state index in [0.29, 0.717) is 20.6 Å². The maximum Gasteiger partial charge on any atom is 0.167 e.